The number of benzene rings is 12. The average Bonchev–Trinajstić information content (AvgIpc) is 1.71. The monoisotopic (exact) mass is 1860 g/mol. The van der Waals surface area contributed by atoms with Gasteiger partial charge in [0.25, 0.3) is 0 Å². The van der Waals surface area contributed by atoms with Crippen LogP contribution in [0, 0.1) is 19.1 Å². The molecule has 0 amide bonds. The zero-order valence-corrected chi connectivity index (χ0v) is 80.5. The van der Waals surface area contributed by atoms with Crippen LogP contribution in [0.4, 0.5) is 0 Å². The summed E-state index contributed by atoms with van der Waals surface area (Å²) in [7, 11) is -10.5. The molecule has 12 aromatic carbocycles. The fourth-order valence-electron chi connectivity index (χ4n) is 13.0. The number of aromatic nitrogens is 12. The van der Waals surface area contributed by atoms with Gasteiger partial charge in [-0.15, -0.1) is 0 Å². The van der Waals surface area contributed by atoms with Crippen molar-refractivity contribution in [3.8, 4) is 114 Å². The maximum Gasteiger partial charge on any atom is 1.00 e. The summed E-state index contributed by atoms with van der Waals surface area (Å²) in [6, 6.07) is 73.2. The second kappa shape index (κ2) is 40.4. The molecule has 28 nitrogen and oxygen atoms in total. The molecule has 0 spiro atoms. The van der Waals surface area contributed by atoms with Gasteiger partial charge in [0, 0.05) is 45.8 Å². The minimum atomic E-state index is -4.73. The molecule has 0 aliphatic rings. The van der Waals surface area contributed by atoms with E-state index in [-0.39, 0.29) is 93.1 Å². The van der Waals surface area contributed by atoms with Crippen LogP contribution in [0.25, 0.3) is 111 Å². The van der Waals surface area contributed by atoms with Crippen LogP contribution >= 0.6 is 73.1 Å². The van der Waals surface area contributed by atoms with Crippen molar-refractivity contribution < 1.29 is 129 Å². The maximum atomic E-state index is 13.5. The van der Waals surface area contributed by atoms with E-state index in [1.165, 1.54) is 36.4 Å². The van der Waals surface area contributed by atoms with E-state index in [0.717, 1.165) is 71.9 Å². The average molecular weight is 1860 g/mol. The van der Waals surface area contributed by atoms with Crippen LogP contribution in [0.2, 0.25) is 0 Å². The molecule has 4 heterocycles. The molecule has 0 aliphatic heterocycles. The van der Waals surface area contributed by atoms with E-state index in [0.29, 0.717) is 70.4 Å². The summed E-state index contributed by atoms with van der Waals surface area (Å²) >= 11 is 21.9. The Morgan fingerprint density at radius 1 is 0.349 bits per heavy atom. The maximum absolute atomic E-state index is 13.5. The fourth-order valence-corrected chi connectivity index (χ4v) is 17.4. The van der Waals surface area contributed by atoms with E-state index in [1.54, 1.807) is 85.6 Å². The van der Waals surface area contributed by atoms with Crippen molar-refractivity contribution >= 4 is 116 Å². The van der Waals surface area contributed by atoms with Gasteiger partial charge in [-0.2, -0.15) is 20.4 Å². The Hall–Kier alpha value is -10.2. The fraction of sp³-hybridized carbons (Fsp3) is 0.200. The van der Waals surface area contributed by atoms with Crippen molar-refractivity contribution in [2.75, 3.05) is 0 Å². The summed E-state index contributed by atoms with van der Waals surface area (Å²) in [5.74, 6) is 1.65. The number of phosphoric ester groups is 2. The van der Waals surface area contributed by atoms with Crippen molar-refractivity contribution in [3.63, 3.8) is 0 Å². The second-order valence-corrected chi connectivity index (χ2v) is 36.9. The number of aromatic hydroxyl groups is 5. The van der Waals surface area contributed by atoms with Crippen LogP contribution in [-0.4, -0.2) is 117 Å². The summed E-state index contributed by atoms with van der Waals surface area (Å²) in [6.07, 6.45) is 0. The van der Waals surface area contributed by atoms with Gasteiger partial charge in [0.1, 0.15) is 46.0 Å². The summed E-state index contributed by atoms with van der Waals surface area (Å²) in [5.41, 5.74) is 2.56. The van der Waals surface area contributed by atoms with Crippen LogP contribution in [-0.2, 0) is 27.2 Å². The van der Waals surface area contributed by atoms with Crippen molar-refractivity contribution in [1.82, 2.24) is 59.1 Å². The van der Waals surface area contributed by atoms with E-state index in [2.05, 4.69) is 45.3 Å². The van der Waals surface area contributed by atoms with E-state index >= 15 is 0 Å². The third-order valence-corrected chi connectivity index (χ3v) is 22.9. The van der Waals surface area contributed by atoms with Crippen molar-refractivity contribution in [3.05, 3.63) is 262 Å². The third-order valence-electron chi connectivity index (χ3n) is 17.7. The Kier molecular flexibility index (Phi) is 30.9. The number of hydrogen-bond acceptors (Lipinski definition) is 22. The normalized spacial score (nSPS) is 11.8. The minimum absolute atomic E-state index is 0. The Morgan fingerprint density at radius 2 is 0.611 bits per heavy atom. The third kappa shape index (κ3) is 24.0. The van der Waals surface area contributed by atoms with E-state index in [9.17, 15) is 34.7 Å². The second-order valence-electron chi connectivity index (χ2n) is 31.7. The van der Waals surface area contributed by atoms with Crippen LogP contribution in [0.1, 0.15) is 98.4 Å². The van der Waals surface area contributed by atoms with Gasteiger partial charge in [0.2, 0.25) is 0 Å². The first kappa shape index (κ1) is 96.4. The first-order valence-electron chi connectivity index (χ1n) is 39.1. The summed E-state index contributed by atoms with van der Waals surface area (Å²) in [6.45, 7) is 26.2. The van der Waals surface area contributed by atoms with Crippen LogP contribution in [0.3, 0.4) is 0 Å². The van der Waals surface area contributed by atoms with Crippen molar-refractivity contribution in [1.29, 1.82) is 0 Å². The van der Waals surface area contributed by atoms with Gasteiger partial charge in [-0.1, -0.05) is 159 Å². The summed E-state index contributed by atoms with van der Waals surface area (Å²) in [4.78, 5) is 17.8. The predicted octanol–water partition coefficient (Wildman–Crippen LogP) is 21.5. The first-order valence-corrected chi connectivity index (χ1v) is 44.8. The topological polar surface area (TPSA) is 375 Å². The number of H-pyrrole nitrogens is 4. The molecule has 650 valence electrons. The molecule has 0 atom stereocenters. The minimum Gasteiger partial charge on any atom is -1.00 e. The Balaban J connectivity index is 0.000000176. The molecular weight excluding hydrogens is 1770 g/mol. The molecule has 0 fully saturated rings. The predicted molar refractivity (Wildman–Crippen MR) is 499 cm³/mol. The molecule has 0 saturated heterocycles. The number of fused-ring (bicyclic) bond motifs is 4. The molecule has 0 radical (unpaired) electrons. The number of aromatic amines is 4. The molecule has 0 unspecified atom stereocenters. The number of hydrogen-bond donors (Lipinski definition) is 11. The van der Waals surface area contributed by atoms with Gasteiger partial charge in [-0.3, -0.25) is 66.5 Å². The van der Waals surface area contributed by atoms with Gasteiger partial charge >= 0.3 is 75.6 Å². The van der Waals surface area contributed by atoms with Gasteiger partial charge in [0.15, 0.2) is 42.4 Å². The number of phenols is 5. The summed E-state index contributed by atoms with van der Waals surface area (Å²) < 4.78 is 72.6. The number of nitrogens with one attached hydrogen (secondary N) is 4. The molecule has 36 heteroatoms. The van der Waals surface area contributed by atoms with E-state index in [4.69, 9.17) is 85.8 Å². The molecule has 4 aromatic heterocycles. The molecule has 0 saturated carbocycles. The van der Waals surface area contributed by atoms with Gasteiger partial charge < -0.3 is 40.5 Å². The van der Waals surface area contributed by atoms with E-state index < -0.39 is 46.7 Å². The number of phosphoric acid groups is 2. The SMILES string of the molecule is CC.CC(C)(C)OP(=O)(Oc1ccc(-c2n[nH]c(=S)n2-c2cccc3ccccc23)c(O)c1)OC(C)(C)C.CC(C)(C)OP(Oc1ccc(-c2n[nH]c(=S)n2-c2cccc3ccccc23)c(O)c1)OC(C)(C)C.O=P(O)(O)Oc1ccc(-c2n[nH]c(=S)n2-c2cccc3ccccc23)c(O)c1.Oc1ccc(-c2n[nH]c(=S)n2-c2cccc3ccccc23)c(O)c1.[H-].[K+]. The van der Waals surface area contributed by atoms with Crippen molar-refractivity contribution in [2.45, 2.75) is 119 Å². The molecule has 16 aromatic rings. The zero-order valence-electron chi connectivity index (χ0n) is 72.5. The zero-order chi connectivity index (χ0) is 90.3. The standard InChI is InChI=1S/C26H30N3O5PS.C26H30N3O4PS.C18H14N3O5PS.C18H13N3O2S.C2H6.K.H/c1-25(2,3)33-35(31,34-26(4,5)6)32-18-14-15-20(22(30)16-18)23-27-28-24(36)29(23)21-13-9-11-17-10-7-8-12-19(17)21;1-25(2,3)32-34(33-26(4,5)6)31-18-14-15-20(22(30)16-18)23-27-28-24(35)29(23)21-13-9-11-17-10-7-8-12-19(17)21;22-16-10-12(26-27(23,24)25)8-9-14(16)17-19-20-18(28)21(17)15-7-3-5-11-4-1-2-6-13(11)15;22-12-8-9-14(16(23)10-12)17-19-20-18(24)21(17)15-7-3-5-11-4-1-2-6-13(11)15;1-2;;/h7-16,30H,1-6H3,(H,28,36);7-16,30H,1-6H3,(H,28,35);1-10,22H,(H,20,28)(H2,23,24,25);1-10,22-23H,(H,20,24);1-2H3;;/q;;;;;+1;-1. The van der Waals surface area contributed by atoms with Crippen LogP contribution < -0.4 is 65.0 Å². The number of phenolic OH excluding ortho intramolecular Hbond substituents is 5. The van der Waals surface area contributed by atoms with Crippen LogP contribution in [0.5, 0.6) is 46.0 Å². The molecule has 0 bridgehead atoms. The number of nitrogens with zero attached hydrogens (tertiary/aromatic N) is 8. The Bertz CT molecular complexity index is 6930. The number of rotatable bonds is 18. The molecular formula is C90H94KN12O16P3S4. The Labute approximate surface area is 792 Å². The molecule has 16 rings (SSSR count). The van der Waals surface area contributed by atoms with Gasteiger partial charge in [0.05, 0.1) is 67.4 Å². The quantitative estimate of drug-likeness (QED) is 0.0216. The molecule has 0 aliphatic carbocycles. The largest absolute Gasteiger partial charge is 1.00 e. The first-order chi connectivity index (χ1) is 59.1. The van der Waals surface area contributed by atoms with Gasteiger partial charge in [-0.25, -0.2) is 9.13 Å². The Morgan fingerprint density at radius 3 is 0.889 bits per heavy atom. The molecule has 126 heavy (non-hydrogen) atoms. The van der Waals surface area contributed by atoms with Gasteiger partial charge in [-0.05, 0) is 226 Å². The molecule has 11 N–H and O–H groups in total. The van der Waals surface area contributed by atoms with E-state index in [1.807, 2.05) is 230 Å². The van der Waals surface area contributed by atoms with Crippen LogP contribution in [0.15, 0.2) is 243 Å². The van der Waals surface area contributed by atoms with Crippen molar-refractivity contribution in [2.24, 2.45) is 0 Å². The smallest absolute Gasteiger partial charge is 1.00 e. The summed E-state index contributed by atoms with van der Waals surface area (Å²) in [5, 5.41) is 88.7.